The van der Waals surface area contributed by atoms with Gasteiger partial charge in [-0.25, -0.2) is 0 Å². The molecule has 0 unspecified atom stereocenters. The molecule has 8 heteroatoms. The first-order valence-electron chi connectivity index (χ1n) is 12.2. The Balaban J connectivity index is 1.11. The first-order chi connectivity index (χ1) is 17.1. The van der Waals surface area contributed by atoms with Gasteiger partial charge in [-0.05, 0) is 74.9 Å². The molecule has 1 aromatic heterocycles. The van der Waals surface area contributed by atoms with E-state index >= 15 is 0 Å². The molecule has 0 radical (unpaired) electrons. The smallest absolute Gasteiger partial charge is 0.241 e. The number of benzene rings is 2. The number of likely N-dealkylation sites (tertiary alicyclic amines) is 1. The van der Waals surface area contributed by atoms with E-state index in [9.17, 15) is 4.79 Å². The van der Waals surface area contributed by atoms with Gasteiger partial charge in [0.05, 0.1) is 13.7 Å². The first-order valence-corrected chi connectivity index (χ1v) is 13.4. The average Bonchev–Trinajstić information content (AvgIpc) is 3.35. The number of thioether (sulfide) groups is 1. The zero-order chi connectivity index (χ0) is 24.5. The predicted molar refractivity (Wildman–Crippen MR) is 139 cm³/mol. The Kier molecular flexibility index (Phi) is 9.20. The van der Waals surface area contributed by atoms with Crippen LogP contribution in [0.3, 0.4) is 0 Å². The lowest BCUT2D eigenvalue weighted by molar-refractivity contribution is -0.126. The summed E-state index contributed by atoms with van der Waals surface area (Å²) in [5.74, 6) is 4.32. The number of piperidine rings is 1. The molecule has 1 N–H and O–H groups in total. The highest BCUT2D eigenvalue weighted by molar-refractivity contribution is 7.98. The van der Waals surface area contributed by atoms with Crippen molar-refractivity contribution in [3.8, 4) is 17.1 Å². The van der Waals surface area contributed by atoms with E-state index in [1.54, 1.807) is 7.11 Å². The Morgan fingerprint density at radius 3 is 2.74 bits per heavy atom. The van der Waals surface area contributed by atoms with E-state index in [1.165, 1.54) is 11.1 Å². The molecule has 0 aliphatic carbocycles. The molecule has 1 aliphatic rings. The van der Waals surface area contributed by atoms with Gasteiger partial charge in [-0.2, -0.15) is 16.7 Å². The Bertz CT molecular complexity index is 1080. The summed E-state index contributed by atoms with van der Waals surface area (Å²) < 4.78 is 10.6. The van der Waals surface area contributed by atoms with E-state index in [4.69, 9.17) is 9.26 Å². The molecule has 3 aromatic rings. The SMILES string of the molecule is COc1ccc(-c2noc(CN3CCC(C(=O)NCCCSCc4cccc(C)c4)CC3)n2)cc1. The molecule has 1 amide bonds. The second-order valence-corrected chi connectivity index (χ2v) is 10.1. The molecule has 1 saturated heterocycles. The van der Waals surface area contributed by atoms with Crippen molar-refractivity contribution < 1.29 is 14.1 Å². The first kappa shape index (κ1) is 25.3. The van der Waals surface area contributed by atoms with Crippen LogP contribution in [0.15, 0.2) is 53.1 Å². The summed E-state index contributed by atoms with van der Waals surface area (Å²) in [6, 6.07) is 16.2. The summed E-state index contributed by atoms with van der Waals surface area (Å²) in [5, 5.41) is 7.24. The van der Waals surface area contributed by atoms with E-state index < -0.39 is 0 Å². The Labute approximate surface area is 211 Å². The molecule has 2 heterocycles. The largest absolute Gasteiger partial charge is 0.497 e. The summed E-state index contributed by atoms with van der Waals surface area (Å²) in [5.41, 5.74) is 3.56. The number of methoxy groups -OCH3 is 1. The third kappa shape index (κ3) is 7.57. The number of amides is 1. The van der Waals surface area contributed by atoms with Crippen molar-refractivity contribution in [1.82, 2.24) is 20.4 Å². The summed E-state index contributed by atoms with van der Waals surface area (Å²) in [6.07, 6.45) is 2.70. The zero-order valence-corrected chi connectivity index (χ0v) is 21.4. The van der Waals surface area contributed by atoms with Crippen molar-refractivity contribution >= 4 is 17.7 Å². The van der Waals surface area contributed by atoms with Crippen LogP contribution in [-0.4, -0.2) is 53.4 Å². The number of carbonyl (C=O) groups is 1. The fourth-order valence-corrected chi connectivity index (χ4v) is 5.15. The minimum absolute atomic E-state index is 0.0868. The van der Waals surface area contributed by atoms with Crippen LogP contribution >= 0.6 is 11.8 Å². The van der Waals surface area contributed by atoms with Crippen LogP contribution in [-0.2, 0) is 17.1 Å². The third-order valence-electron chi connectivity index (χ3n) is 6.25. The van der Waals surface area contributed by atoms with Crippen LogP contribution in [0, 0.1) is 12.8 Å². The fraction of sp³-hybridized carbons (Fsp3) is 0.444. The van der Waals surface area contributed by atoms with Crippen LogP contribution < -0.4 is 10.1 Å². The molecule has 2 aromatic carbocycles. The van der Waals surface area contributed by atoms with Crippen LogP contribution in [0.25, 0.3) is 11.4 Å². The number of aromatic nitrogens is 2. The maximum Gasteiger partial charge on any atom is 0.241 e. The lowest BCUT2D eigenvalue weighted by Gasteiger charge is -2.30. The van der Waals surface area contributed by atoms with Crippen LogP contribution in [0.2, 0.25) is 0 Å². The van der Waals surface area contributed by atoms with Gasteiger partial charge >= 0.3 is 0 Å². The molecule has 1 aliphatic heterocycles. The number of hydrogen-bond acceptors (Lipinski definition) is 7. The highest BCUT2D eigenvalue weighted by atomic mass is 32.2. The number of hydrogen-bond donors (Lipinski definition) is 1. The van der Waals surface area contributed by atoms with Crippen molar-refractivity contribution in [1.29, 1.82) is 0 Å². The van der Waals surface area contributed by atoms with Gasteiger partial charge in [0.25, 0.3) is 0 Å². The van der Waals surface area contributed by atoms with Gasteiger partial charge < -0.3 is 14.6 Å². The van der Waals surface area contributed by atoms with E-state index in [1.807, 2.05) is 36.0 Å². The molecule has 186 valence electrons. The number of nitrogens with zero attached hydrogens (tertiary/aromatic N) is 3. The van der Waals surface area contributed by atoms with Gasteiger partial charge in [0.2, 0.25) is 17.6 Å². The second kappa shape index (κ2) is 12.7. The lowest BCUT2D eigenvalue weighted by Crippen LogP contribution is -2.40. The monoisotopic (exact) mass is 494 g/mol. The van der Waals surface area contributed by atoms with Crippen LogP contribution in [0.4, 0.5) is 0 Å². The van der Waals surface area contributed by atoms with Gasteiger partial charge in [-0.1, -0.05) is 35.0 Å². The van der Waals surface area contributed by atoms with E-state index in [0.717, 1.165) is 61.7 Å². The van der Waals surface area contributed by atoms with E-state index in [-0.39, 0.29) is 11.8 Å². The van der Waals surface area contributed by atoms with Crippen molar-refractivity contribution in [2.75, 3.05) is 32.5 Å². The second-order valence-electron chi connectivity index (χ2n) is 8.98. The third-order valence-corrected chi connectivity index (χ3v) is 7.36. The van der Waals surface area contributed by atoms with Gasteiger partial charge in [-0.15, -0.1) is 0 Å². The van der Waals surface area contributed by atoms with Gasteiger partial charge in [0.1, 0.15) is 5.75 Å². The van der Waals surface area contributed by atoms with Crippen molar-refractivity contribution in [3.05, 3.63) is 65.5 Å². The van der Waals surface area contributed by atoms with Crippen molar-refractivity contribution in [2.24, 2.45) is 5.92 Å². The summed E-state index contributed by atoms with van der Waals surface area (Å²) >= 11 is 1.92. The van der Waals surface area contributed by atoms with Crippen molar-refractivity contribution in [3.63, 3.8) is 0 Å². The van der Waals surface area contributed by atoms with Crippen molar-refractivity contribution in [2.45, 2.75) is 38.5 Å². The van der Waals surface area contributed by atoms with E-state index in [0.29, 0.717) is 18.3 Å². The normalized spacial score (nSPS) is 14.7. The average molecular weight is 495 g/mol. The molecular formula is C27H34N4O3S. The zero-order valence-electron chi connectivity index (χ0n) is 20.5. The predicted octanol–water partition coefficient (Wildman–Crippen LogP) is 4.71. The minimum Gasteiger partial charge on any atom is -0.497 e. The molecular weight excluding hydrogens is 460 g/mol. The van der Waals surface area contributed by atoms with Crippen LogP contribution in [0.5, 0.6) is 5.75 Å². The molecule has 7 nitrogen and oxygen atoms in total. The topological polar surface area (TPSA) is 80.5 Å². The Hall–Kier alpha value is -2.84. The number of nitrogens with one attached hydrogen (secondary N) is 1. The molecule has 4 rings (SSSR count). The van der Waals surface area contributed by atoms with Gasteiger partial charge in [-0.3, -0.25) is 9.69 Å². The molecule has 0 atom stereocenters. The summed E-state index contributed by atoms with van der Waals surface area (Å²) in [7, 11) is 1.64. The van der Waals surface area contributed by atoms with Gasteiger partial charge in [0.15, 0.2) is 0 Å². The molecule has 35 heavy (non-hydrogen) atoms. The van der Waals surface area contributed by atoms with Gasteiger partial charge in [0, 0.05) is 23.8 Å². The van der Waals surface area contributed by atoms with E-state index in [2.05, 4.69) is 51.5 Å². The lowest BCUT2D eigenvalue weighted by atomic mass is 9.96. The van der Waals surface area contributed by atoms with Crippen LogP contribution in [0.1, 0.15) is 36.3 Å². The highest BCUT2D eigenvalue weighted by Crippen LogP contribution is 2.22. The summed E-state index contributed by atoms with van der Waals surface area (Å²) in [6.45, 7) is 5.18. The number of aryl methyl sites for hydroxylation is 1. The number of ether oxygens (including phenoxy) is 1. The minimum atomic E-state index is 0.0868. The quantitative estimate of drug-likeness (QED) is 0.387. The molecule has 0 bridgehead atoms. The fourth-order valence-electron chi connectivity index (χ4n) is 4.24. The number of carbonyl (C=O) groups excluding carboxylic acids is 1. The summed E-state index contributed by atoms with van der Waals surface area (Å²) in [4.78, 5) is 19.4. The number of rotatable bonds is 11. The maximum atomic E-state index is 12.6. The standard InChI is InChI=1S/C27H34N4O3S/c1-20-5-3-6-21(17-20)19-35-16-4-13-28-27(32)23-11-14-31(15-12-23)18-25-29-26(30-34-25)22-7-9-24(33-2)10-8-22/h3,5-10,17,23H,4,11-16,18-19H2,1-2H3,(H,28,32). The Morgan fingerprint density at radius 1 is 1.20 bits per heavy atom. The Morgan fingerprint density at radius 2 is 2.00 bits per heavy atom. The molecule has 0 saturated carbocycles. The molecule has 0 spiro atoms. The highest BCUT2D eigenvalue weighted by Gasteiger charge is 2.25. The maximum absolute atomic E-state index is 12.6. The molecule has 1 fully saturated rings.